The van der Waals surface area contributed by atoms with Crippen LogP contribution in [0.3, 0.4) is 0 Å². The van der Waals surface area contributed by atoms with Crippen LogP contribution in [0.1, 0.15) is 15.9 Å². The molecule has 98 valence electrons. The topological polar surface area (TPSA) is 30.0 Å². The van der Waals surface area contributed by atoms with Gasteiger partial charge < -0.3 is 0 Å². The van der Waals surface area contributed by atoms with Gasteiger partial charge in [-0.2, -0.15) is 0 Å². The minimum atomic E-state index is -0.539. The lowest BCUT2D eigenvalue weighted by Gasteiger charge is -2.04. The number of benzene rings is 2. The molecule has 0 bridgehead atoms. The first-order chi connectivity index (χ1) is 9.65. The molecule has 1 heterocycles. The number of pyridine rings is 1. The van der Waals surface area contributed by atoms with Gasteiger partial charge in [-0.3, -0.25) is 9.78 Å². The number of carbonyl (C=O) groups is 1. The van der Waals surface area contributed by atoms with E-state index >= 15 is 0 Å². The van der Waals surface area contributed by atoms with E-state index < -0.39 is 5.82 Å². The molecule has 20 heavy (non-hydrogen) atoms. The Morgan fingerprint density at radius 2 is 1.80 bits per heavy atom. The molecular formula is C16H9ClFNO. The van der Waals surface area contributed by atoms with Crippen molar-refractivity contribution in [3.63, 3.8) is 0 Å². The van der Waals surface area contributed by atoms with Gasteiger partial charge in [0, 0.05) is 22.7 Å². The zero-order chi connectivity index (χ0) is 14.1. The van der Waals surface area contributed by atoms with Gasteiger partial charge in [-0.1, -0.05) is 29.8 Å². The normalized spacial score (nSPS) is 10.7. The van der Waals surface area contributed by atoms with Crippen molar-refractivity contribution in [1.82, 2.24) is 4.98 Å². The number of rotatable bonds is 2. The van der Waals surface area contributed by atoms with Crippen LogP contribution in [-0.2, 0) is 0 Å². The van der Waals surface area contributed by atoms with Crippen LogP contribution in [0.5, 0.6) is 0 Å². The summed E-state index contributed by atoms with van der Waals surface area (Å²) in [5.74, 6) is -0.747. The zero-order valence-electron chi connectivity index (χ0n) is 10.3. The number of aromatic nitrogens is 1. The summed E-state index contributed by atoms with van der Waals surface area (Å²) in [5, 5.41) is 0.899. The number of hydrogen-bond acceptors (Lipinski definition) is 2. The highest BCUT2D eigenvalue weighted by molar-refractivity contribution is 6.31. The molecule has 0 radical (unpaired) electrons. The molecule has 4 heteroatoms. The van der Waals surface area contributed by atoms with Crippen LogP contribution in [0.4, 0.5) is 4.39 Å². The predicted octanol–water partition coefficient (Wildman–Crippen LogP) is 4.26. The van der Waals surface area contributed by atoms with E-state index in [1.54, 1.807) is 18.3 Å². The third-order valence-electron chi connectivity index (χ3n) is 3.05. The smallest absolute Gasteiger partial charge is 0.193 e. The van der Waals surface area contributed by atoms with E-state index in [2.05, 4.69) is 4.98 Å². The van der Waals surface area contributed by atoms with Gasteiger partial charge in [0.2, 0.25) is 0 Å². The summed E-state index contributed by atoms with van der Waals surface area (Å²) in [4.78, 5) is 16.6. The predicted molar refractivity (Wildman–Crippen MR) is 76.6 cm³/mol. The lowest BCUT2D eigenvalue weighted by Crippen LogP contribution is -2.01. The van der Waals surface area contributed by atoms with E-state index in [4.69, 9.17) is 11.6 Å². The number of fused-ring (bicyclic) bond motifs is 1. The number of halogens is 2. The Hall–Kier alpha value is -2.26. The second kappa shape index (κ2) is 5.02. The van der Waals surface area contributed by atoms with Crippen molar-refractivity contribution in [2.24, 2.45) is 0 Å². The molecule has 0 fully saturated rings. The van der Waals surface area contributed by atoms with Gasteiger partial charge in [0.15, 0.2) is 5.78 Å². The van der Waals surface area contributed by atoms with Gasteiger partial charge in [0.1, 0.15) is 5.82 Å². The molecule has 0 saturated heterocycles. The highest BCUT2D eigenvalue weighted by Gasteiger charge is 2.12. The molecule has 2 aromatic carbocycles. The molecule has 0 saturated carbocycles. The fraction of sp³-hybridized carbons (Fsp3) is 0. The molecule has 0 amide bonds. The lowest BCUT2D eigenvalue weighted by atomic mass is 10.0. The van der Waals surface area contributed by atoms with Gasteiger partial charge in [0.25, 0.3) is 0 Å². The van der Waals surface area contributed by atoms with E-state index in [1.807, 2.05) is 18.2 Å². The first-order valence-electron chi connectivity index (χ1n) is 6.00. The fourth-order valence-corrected chi connectivity index (χ4v) is 2.19. The average Bonchev–Trinajstić information content (AvgIpc) is 2.49. The van der Waals surface area contributed by atoms with Crippen LogP contribution in [0.15, 0.2) is 54.7 Å². The number of nitrogens with zero attached hydrogens (tertiary/aromatic N) is 1. The second-order valence-corrected chi connectivity index (χ2v) is 4.78. The first-order valence-corrected chi connectivity index (χ1v) is 6.37. The zero-order valence-corrected chi connectivity index (χ0v) is 11.1. The van der Waals surface area contributed by atoms with E-state index in [0.29, 0.717) is 11.1 Å². The van der Waals surface area contributed by atoms with Crippen molar-refractivity contribution in [2.45, 2.75) is 0 Å². The van der Waals surface area contributed by atoms with Crippen molar-refractivity contribution in [2.75, 3.05) is 0 Å². The summed E-state index contributed by atoms with van der Waals surface area (Å²) in [5.41, 5.74) is 1.59. The molecule has 0 aliphatic heterocycles. The van der Waals surface area contributed by atoms with Crippen LogP contribution in [0, 0.1) is 5.82 Å². The number of hydrogen-bond donors (Lipinski definition) is 0. The monoisotopic (exact) mass is 285 g/mol. The van der Waals surface area contributed by atoms with E-state index in [0.717, 1.165) is 10.9 Å². The summed E-state index contributed by atoms with van der Waals surface area (Å²) >= 11 is 5.70. The van der Waals surface area contributed by atoms with Gasteiger partial charge in [-0.05, 0) is 30.3 Å². The first kappa shape index (κ1) is 12.8. The molecule has 0 aliphatic rings. The molecule has 0 atom stereocenters. The highest BCUT2D eigenvalue weighted by Crippen LogP contribution is 2.20. The van der Waals surface area contributed by atoms with Crippen LogP contribution >= 0.6 is 11.6 Å². The minimum Gasteiger partial charge on any atom is -0.289 e. The maximum absolute atomic E-state index is 13.1. The Morgan fingerprint density at radius 3 is 2.60 bits per heavy atom. The van der Waals surface area contributed by atoms with E-state index in [1.165, 1.54) is 18.2 Å². The van der Waals surface area contributed by atoms with E-state index in [9.17, 15) is 9.18 Å². The molecule has 0 aliphatic carbocycles. The second-order valence-electron chi connectivity index (χ2n) is 4.37. The fourth-order valence-electron chi connectivity index (χ4n) is 2.01. The third-order valence-corrected chi connectivity index (χ3v) is 3.34. The number of carbonyl (C=O) groups excluding carboxylic acids is 1. The summed E-state index contributed by atoms with van der Waals surface area (Å²) in [6.45, 7) is 0. The lowest BCUT2D eigenvalue weighted by molar-refractivity contribution is 0.103. The SMILES string of the molecule is O=C(c1ccc(F)c(Cl)c1)c1ccc2cccnc2c1. The maximum Gasteiger partial charge on any atom is 0.193 e. The molecule has 0 N–H and O–H groups in total. The van der Waals surface area contributed by atoms with Crippen molar-refractivity contribution in [3.05, 3.63) is 76.7 Å². The molecule has 0 spiro atoms. The van der Waals surface area contributed by atoms with Crippen molar-refractivity contribution in [1.29, 1.82) is 0 Å². The summed E-state index contributed by atoms with van der Waals surface area (Å²) in [6, 6.07) is 13.0. The minimum absolute atomic E-state index is 0.0604. The Morgan fingerprint density at radius 1 is 1.05 bits per heavy atom. The summed E-state index contributed by atoms with van der Waals surface area (Å²) in [6.07, 6.45) is 1.67. The molecular weight excluding hydrogens is 277 g/mol. The molecule has 2 nitrogen and oxygen atoms in total. The maximum atomic E-state index is 13.1. The largest absolute Gasteiger partial charge is 0.289 e. The van der Waals surface area contributed by atoms with Crippen LogP contribution in [0.2, 0.25) is 5.02 Å². The van der Waals surface area contributed by atoms with Gasteiger partial charge in [-0.15, -0.1) is 0 Å². The van der Waals surface area contributed by atoms with Crippen molar-refractivity contribution < 1.29 is 9.18 Å². The Labute approximate surface area is 119 Å². The van der Waals surface area contributed by atoms with E-state index in [-0.39, 0.29) is 10.8 Å². The molecule has 1 aromatic heterocycles. The van der Waals surface area contributed by atoms with Crippen molar-refractivity contribution in [3.8, 4) is 0 Å². The quantitative estimate of drug-likeness (QED) is 0.659. The molecule has 0 unspecified atom stereocenters. The molecule has 3 aromatic rings. The number of ketones is 1. The van der Waals surface area contributed by atoms with Crippen molar-refractivity contribution >= 4 is 28.3 Å². The average molecular weight is 286 g/mol. The van der Waals surface area contributed by atoms with Crippen LogP contribution in [0.25, 0.3) is 10.9 Å². The van der Waals surface area contributed by atoms with Gasteiger partial charge in [0.05, 0.1) is 10.5 Å². The Bertz CT molecular complexity index is 816. The third kappa shape index (κ3) is 2.28. The summed E-state index contributed by atoms with van der Waals surface area (Å²) in [7, 11) is 0. The van der Waals surface area contributed by atoms with Gasteiger partial charge >= 0.3 is 0 Å². The van der Waals surface area contributed by atoms with Crippen LogP contribution in [-0.4, -0.2) is 10.8 Å². The Balaban J connectivity index is 2.05. The standard InChI is InChI=1S/C16H9ClFNO/c17-13-8-11(5-6-14(13)18)16(20)12-4-3-10-2-1-7-19-15(10)9-12/h1-9H. The Kier molecular flexibility index (Phi) is 3.20. The highest BCUT2D eigenvalue weighted by atomic mass is 35.5. The van der Waals surface area contributed by atoms with Crippen LogP contribution < -0.4 is 0 Å². The van der Waals surface area contributed by atoms with Gasteiger partial charge in [-0.25, -0.2) is 4.39 Å². The summed E-state index contributed by atoms with van der Waals surface area (Å²) < 4.78 is 13.1. The molecule has 3 rings (SSSR count).